The van der Waals surface area contributed by atoms with Gasteiger partial charge in [-0.15, -0.1) is 0 Å². The molecule has 1 saturated carbocycles. The third-order valence-corrected chi connectivity index (χ3v) is 4.39. The number of pyridine rings is 1. The van der Waals surface area contributed by atoms with Crippen molar-refractivity contribution >= 4 is 31.9 Å². The van der Waals surface area contributed by atoms with Crippen LogP contribution in [-0.2, 0) is 0 Å². The molecule has 1 aliphatic carbocycles. The maximum Gasteiger partial charge on any atom is 0.119 e. The number of rotatable bonds is 5. The summed E-state index contributed by atoms with van der Waals surface area (Å²) in [6, 6.07) is 9.76. The molecule has 0 saturated heterocycles. The SMILES string of the molecule is NNC(c1ccc(OC2CC2)cc1)c1ncc(Br)cc1Br. The molecule has 0 aliphatic heterocycles. The number of aromatic nitrogens is 1. The first-order valence-corrected chi connectivity index (χ1v) is 8.29. The second kappa shape index (κ2) is 6.44. The molecule has 1 atom stereocenters. The topological polar surface area (TPSA) is 60.2 Å². The standard InChI is InChI=1S/C15H15Br2N3O/c16-10-7-13(17)15(19-8-10)14(20-18)9-1-3-11(4-2-9)21-12-5-6-12/h1-4,7-8,12,14,20H,5-6,18H2. The zero-order chi connectivity index (χ0) is 14.8. The highest BCUT2D eigenvalue weighted by Crippen LogP contribution is 2.31. The van der Waals surface area contributed by atoms with Crippen molar-refractivity contribution in [2.24, 2.45) is 5.84 Å². The molecule has 110 valence electrons. The maximum absolute atomic E-state index is 5.76. The molecule has 0 amide bonds. The molecule has 4 nitrogen and oxygen atoms in total. The van der Waals surface area contributed by atoms with Crippen LogP contribution >= 0.6 is 31.9 Å². The lowest BCUT2D eigenvalue weighted by atomic mass is 10.0. The first-order chi connectivity index (χ1) is 10.2. The lowest BCUT2D eigenvalue weighted by Crippen LogP contribution is -2.29. The maximum atomic E-state index is 5.76. The van der Waals surface area contributed by atoms with E-state index in [9.17, 15) is 0 Å². The molecular formula is C15H15Br2N3O. The van der Waals surface area contributed by atoms with E-state index in [-0.39, 0.29) is 6.04 Å². The van der Waals surface area contributed by atoms with Crippen molar-refractivity contribution in [3.05, 3.63) is 56.7 Å². The first kappa shape index (κ1) is 15.0. The van der Waals surface area contributed by atoms with Gasteiger partial charge in [0.2, 0.25) is 0 Å². The van der Waals surface area contributed by atoms with Crippen molar-refractivity contribution in [3.63, 3.8) is 0 Å². The Labute approximate surface area is 140 Å². The van der Waals surface area contributed by atoms with E-state index in [1.54, 1.807) is 6.20 Å². The van der Waals surface area contributed by atoms with Gasteiger partial charge in [0.05, 0.1) is 17.8 Å². The largest absolute Gasteiger partial charge is 0.490 e. The first-order valence-electron chi connectivity index (χ1n) is 6.71. The van der Waals surface area contributed by atoms with Gasteiger partial charge in [-0.3, -0.25) is 10.8 Å². The van der Waals surface area contributed by atoms with Crippen molar-refractivity contribution in [1.29, 1.82) is 0 Å². The molecule has 1 aromatic heterocycles. The van der Waals surface area contributed by atoms with Gasteiger partial charge in [0.1, 0.15) is 5.75 Å². The van der Waals surface area contributed by atoms with Crippen molar-refractivity contribution in [1.82, 2.24) is 10.4 Å². The second-order valence-electron chi connectivity index (χ2n) is 5.01. The van der Waals surface area contributed by atoms with Crippen LogP contribution in [0.4, 0.5) is 0 Å². The molecule has 3 rings (SSSR count). The minimum atomic E-state index is -0.178. The predicted octanol–water partition coefficient (Wildman–Crippen LogP) is 3.70. The molecule has 0 spiro atoms. The van der Waals surface area contributed by atoms with Crippen LogP contribution in [0.15, 0.2) is 45.5 Å². The van der Waals surface area contributed by atoms with Gasteiger partial charge in [0.25, 0.3) is 0 Å². The van der Waals surface area contributed by atoms with E-state index in [1.807, 2.05) is 30.3 Å². The van der Waals surface area contributed by atoms with Crippen LogP contribution in [-0.4, -0.2) is 11.1 Å². The summed E-state index contributed by atoms with van der Waals surface area (Å²) in [7, 11) is 0. The summed E-state index contributed by atoms with van der Waals surface area (Å²) in [6.07, 6.45) is 4.48. The smallest absolute Gasteiger partial charge is 0.119 e. The fourth-order valence-electron chi connectivity index (χ4n) is 2.09. The lowest BCUT2D eigenvalue weighted by Gasteiger charge is -2.18. The zero-order valence-electron chi connectivity index (χ0n) is 11.2. The third kappa shape index (κ3) is 3.63. The summed E-state index contributed by atoms with van der Waals surface area (Å²) in [6.45, 7) is 0. The number of benzene rings is 1. The quantitative estimate of drug-likeness (QED) is 0.580. The highest BCUT2D eigenvalue weighted by Gasteiger charge is 2.23. The van der Waals surface area contributed by atoms with E-state index >= 15 is 0 Å². The highest BCUT2D eigenvalue weighted by molar-refractivity contribution is 9.11. The van der Waals surface area contributed by atoms with Gasteiger partial charge in [-0.05, 0) is 68.5 Å². The van der Waals surface area contributed by atoms with Crippen LogP contribution in [0.5, 0.6) is 5.75 Å². The fourth-order valence-corrected chi connectivity index (χ4v) is 3.30. The normalized spacial score (nSPS) is 15.8. The zero-order valence-corrected chi connectivity index (χ0v) is 14.4. The van der Waals surface area contributed by atoms with E-state index in [4.69, 9.17) is 10.6 Å². The Hall–Kier alpha value is -0.950. The number of ether oxygens (including phenoxy) is 1. The van der Waals surface area contributed by atoms with Crippen LogP contribution in [0.3, 0.4) is 0 Å². The number of nitrogens with zero attached hydrogens (tertiary/aromatic N) is 1. The van der Waals surface area contributed by atoms with E-state index in [0.29, 0.717) is 6.10 Å². The fraction of sp³-hybridized carbons (Fsp3) is 0.267. The molecular weight excluding hydrogens is 398 g/mol. The number of nitrogens with one attached hydrogen (secondary N) is 1. The molecule has 0 bridgehead atoms. The van der Waals surface area contributed by atoms with Gasteiger partial charge in [0.15, 0.2) is 0 Å². The molecule has 21 heavy (non-hydrogen) atoms. The van der Waals surface area contributed by atoms with E-state index < -0.39 is 0 Å². The van der Waals surface area contributed by atoms with Crippen LogP contribution in [0.25, 0.3) is 0 Å². The summed E-state index contributed by atoms with van der Waals surface area (Å²) >= 11 is 6.93. The molecule has 1 fully saturated rings. The summed E-state index contributed by atoms with van der Waals surface area (Å²) in [5.74, 6) is 6.62. The van der Waals surface area contributed by atoms with Crippen molar-refractivity contribution in [2.75, 3.05) is 0 Å². The number of nitrogens with two attached hydrogens (primary N) is 1. The highest BCUT2D eigenvalue weighted by atomic mass is 79.9. The minimum Gasteiger partial charge on any atom is -0.490 e. The Morgan fingerprint density at radius 1 is 1.24 bits per heavy atom. The molecule has 1 aromatic carbocycles. The third-order valence-electron chi connectivity index (χ3n) is 3.32. The molecule has 6 heteroatoms. The molecule has 1 aliphatic rings. The Bertz CT molecular complexity index is 629. The minimum absolute atomic E-state index is 0.178. The van der Waals surface area contributed by atoms with Gasteiger partial charge in [-0.1, -0.05) is 12.1 Å². The molecule has 3 N–H and O–H groups in total. The predicted molar refractivity (Wildman–Crippen MR) is 88.9 cm³/mol. The number of hydrogen-bond acceptors (Lipinski definition) is 4. The van der Waals surface area contributed by atoms with Crippen molar-refractivity contribution < 1.29 is 4.74 Å². The van der Waals surface area contributed by atoms with Gasteiger partial charge in [0, 0.05) is 15.1 Å². The van der Waals surface area contributed by atoms with Crippen molar-refractivity contribution in [2.45, 2.75) is 25.0 Å². The van der Waals surface area contributed by atoms with Crippen molar-refractivity contribution in [3.8, 4) is 5.75 Å². The van der Waals surface area contributed by atoms with Crippen LogP contribution in [0.2, 0.25) is 0 Å². The summed E-state index contributed by atoms with van der Waals surface area (Å²) in [5.41, 5.74) is 4.70. The average molecular weight is 413 g/mol. The van der Waals surface area contributed by atoms with Crippen LogP contribution < -0.4 is 16.0 Å². The van der Waals surface area contributed by atoms with E-state index in [2.05, 4.69) is 42.3 Å². The number of hydrogen-bond donors (Lipinski definition) is 2. The molecule has 2 aromatic rings. The second-order valence-corrected chi connectivity index (χ2v) is 6.78. The van der Waals surface area contributed by atoms with Gasteiger partial charge in [-0.25, -0.2) is 5.43 Å². The summed E-state index contributed by atoms with van der Waals surface area (Å²) in [4.78, 5) is 4.44. The van der Waals surface area contributed by atoms with Crippen LogP contribution in [0.1, 0.15) is 30.1 Å². The number of halogens is 2. The average Bonchev–Trinajstić information content (AvgIpc) is 3.27. The number of hydrazine groups is 1. The van der Waals surface area contributed by atoms with Crippen LogP contribution in [0, 0.1) is 0 Å². The van der Waals surface area contributed by atoms with Gasteiger partial charge < -0.3 is 4.74 Å². The molecule has 1 unspecified atom stereocenters. The monoisotopic (exact) mass is 411 g/mol. The molecule has 0 radical (unpaired) electrons. The Kier molecular flexibility index (Phi) is 4.59. The summed E-state index contributed by atoms with van der Waals surface area (Å²) < 4.78 is 7.58. The Morgan fingerprint density at radius 3 is 2.52 bits per heavy atom. The lowest BCUT2D eigenvalue weighted by molar-refractivity contribution is 0.303. The van der Waals surface area contributed by atoms with Gasteiger partial charge >= 0.3 is 0 Å². The summed E-state index contributed by atoms with van der Waals surface area (Å²) in [5, 5.41) is 0. The Balaban J connectivity index is 1.84. The molecule has 1 heterocycles. The Morgan fingerprint density at radius 2 is 1.95 bits per heavy atom. The van der Waals surface area contributed by atoms with E-state index in [1.165, 1.54) is 0 Å². The van der Waals surface area contributed by atoms with Gasteiger partial charge in [-0.2, -0.15) is 0 Å². The van der Waals surface area contributed by atoms with E-state index in [0.717, 1.165) is 38.8 Å².